The van der Waals surface area contributed by atoms with Gasteiger partial charge in [0.2, 0.25) is 0 Å². The lowest BCUT2D eigenvalue weighted by molar-refractivity contribution is 0.0693. The molecule has 0 radical (unpaired) electrons. The van der Waals surface area contributed by atoms with Crippen LogP contribution in [0.3, 0.4) is 0 Å². The number of alkyl halides is 1. The first kappa shape index (κ1) is 11.7. The van der Waals surface area contributed by atoms with E-state index < -0.39 is 5.97 Å². The van der Waals surface area contributed by atoms with Gasteiger partial charge in [0.15, 0.2) is 0 Å². The van der Waals surface area contributed by atoms with Crippen LogP contribution < -0.4 is 9.47 Å². The molecule has 1 rings (SSSR count). The highest BCUT2D eigenvalue weighted by Crippen LogP contribution is 2.29. The number of carbonyl (C=O) groups is 1. The normalized spacial score (nSPS) is 9.80. The molecular formula is C10H11ClO4. The van der Waals surface area contributed by atoms with Crippen LogP contribution in [-0.4, -0.2) is 25.3 Å². The molecule has 0 amide bonds. The zero-order valence-corrected chi connectivity index (χ0v) is 9.17. The van der Waals surface area contributed by atoms with Crippen LogP contribution in [0.1, 0.15) is 15.9 Å². The van der Waals surface area contributed by atoms with Crippen molar-refractivity contribution in [2.45, 2.75) is 5.88 Å². The number of hydrogen-bond acceptors (Lipinski definition) is 3. The predicted octanol–water partition coefficient (Wildman–Crippen LogP) is 2.14. The van der Waals surface area contributed by atoms with E-state index in [4.69, 9.17) is 26.2 Å². The van der Waals surface area contributed by atoms with Crippen LogP contribution in [0, 0.1) is 0 Å². The summed E-state index contributed by atoms with van der Waals surface area (Å²) in [5.74, 6) is -0.104. The third kappa shape index (κ3) is 2.33. The standard InChI is InChI=1S/C10H11ClO4/c1-14-8-4-7(10(12)13)9(15-2)3-6(8)5-11/h3-4H,5H2,1-2H3,(H,12,13). The first-order valence-electron chi connectivity index (χ1n) is 4.18. The van der Waals surface area contributed by atoms with E-state index in [2.05, 4.69) is 0 Å². The lowest BCUT2D eigenvalue weighted by Gasteiger charge is -2.11. The second kappa shape index (κ2) is 4.89. The number of carboxylic acids is 1. The molecule has 0 atom stereocenters. The summed E-state index contributed by atoms with van der Waals surface area (Å²) >= 11 is 5.69. The Balaban J connectivity index is 3.34. The molecule has 0 saturated heterocycles. The van der Waals surface area contributed by atoms with Crippen LogP contribution in [0.25, 0.3) is 0 Å². The second-order valence-corrected chi connectivity index (χ2v) is 3.07. The minimum Gasteiger partial charge on any atom is -0.496 e. The van der Waals surface area contributed by atoms with Gasteiger partial charge in [-0.1, -0.05) is 0 Å². The van der Waals surface area contributed by atoms with E-state index in [1.165, 1.54) is 20.3 Å². The molecule has 0 unspecified atom stereocenters. The van der Waals surface area contributed by atoms with Crippen molar-refractivity contribution in [3.63, 3.8) is 0 Å². The SMILES string of the molecule is COc1cc(C(=O)O)c(OC)cc1CCl. The van der Waals surface area contributed by atoms with Crippen molar-refractivity contribution in [1.82, 2.24) is 0 Å². The molecule has 0 aromatic heterocycles. The van der Waals surface area contributed by atoms with Gasteiger partial charge >= 0.3 is 5.97 Å². The minimum atomic E-state index is -1.06. The van der Waals surface area contributed by atoms with Gasteiger partial charge in [-0.15, -0.1) is 11.6 Å². The Morgan fingerprint density at radius 2 is 1.93 bits per heavy atom. The van der Waals surface area contributed by atoms with E-state index in [0.29, 0.717) is 11.3 Å². The van der Waals surface area contributed by atoms with Crippen molar-refractivity contribution >= 4 is 17.6 Å². The lowest BCUT2D eigenvalue weighted by atomic mass is 10.1. The second-order valence-electron chi connectivity index (χ2n) is 2.80. The van der Waals surface area contributed by atoms with Gasteiger partial charge < -0.3 is 14.6 Å². The summed E-state index contributed by atoms with van der Waals surface area (Å²) in [6.45, 7) is 0. The summed E-state index contributed by atoms with van der Waals surface area (Å²) < 4.78 is 9.98. The maximum absolute atomic E-state index is 10.9. The van der Waals surface area contributed by atoms with Crippen LogP contribution in [0.2, 0.25) is 0 Å². The molecule has 0 saturated carbocycles. The van der Waals surface area contributed by atoms with Gasteiger partial charge in [0.1, 0.15) is 17.1 Å². The first-order chi connectivity index (χ1) is 7.13. The molecule has 0 aliphatic rings. The van der Waals surface area contributed by atoms with Gasteiger partial charge in [-0.2, -0.15) is 0 Å². The third-order valence-corrected chi connectivity index (χ3v) is 2.26. The van der Waals surface area contributed by atoms with Crippen molar-refractivity contribution in [1.29, 1.82) is 0 Å². The van der Waals surface area contributed by atoms with Crippen molar-refractivity contribution in [2.24, 2.45) is 0 Å². The van der Waals surface area contributed by atoms with Gasteiger partial charge in [-0.05, 0) is 12.1 Å². The Hall–Kier alpha value is -1.42. The van der Waals surface area contributed by atoms with E-state index in [1.807, 2.05) is 0 Å². The highest BCUT2D eigenvalue weighted by atomic mass is 35.5. The number of aromatic carboxylic acids is 1. The molecule has 0 bridgehead atoms. The average Bonchev–Trinajstić information content (AvgIpc) is 2.26. The fourth-order valence-electron chi connectivity index (χ4n) is 1.23. The van der Waals surface area contributed by atoms with Crippen molar-refractivity contribution in [3.8, 4) is 11.5 Å². The predicted molar refractivity (Wildman–Crippen MR) is 56.1 cm³/mol. The van der Waals surface area contributed by atoms with Crippen LogP contribution >= 0.6 is 11.6 Å². The smallest absolute Gasteiger partial charge is 0.339 e. The summed E-state index contributed by atoms with van der Waals surface area (Å²) in [4.78, 5) is 10.9. The molecule has 1 aromatic rings. The molecule has 0 fully saturated rings. The zero-order chi connectivity index (χ0) is 11.4. The fourth-order valence-corrected chi connectivity index (χ4v) is 1.44. The molecule has 82 valence electrons. The van der Waals surface area contributed by atoms with Crippen LogP contribution in [0.5, 0.6) is 11.5 Å². The maximum Gasteiger partial charge on any atom is 0.339 e. The summed E-state index contributed by atoms with van der Waals surface area (Å²) in [6.07, 6.45) is 0. The van der Waals surface area contributed by atoms with Gasteiger partial charge in [0.25, 0.3) is 0 Å². The van der Waals surface area contributed by atoms with Gasteiger partial charge in [-0.3, -0.25) is 0 Å². The Labute approximate surface area is 92.4 Å². The monoisotopic (exact) mass is 230 g/mol. The van der Waals surface area contributed by atoms with E-state index >= 15 is 0 Å². The topological polar surface area (TPSA) is 55.8 Å². The van der Waals surface area contributed by atoms with Crippen LogP contribution in [0.4, 0.5) is 0 Å². The Bertz CT molecular complexity index is 376. The Morgan fingerprint density at radius 1 is 1.33 bits per heavy atom. The quantitative estimate of drug-likeness (QED) is 0.806. The third-order valence-electron chi connectivity index (χ3n) is 1.98. The van der Waals surface area contributed by atoms with E-state index in [-0.39, 0.29) is 17.2 Å². The molecule has 0 spiro atoms. The molecular weight excluding hydrogens is 220 g/mol. The summed E-state index contributed by atoms with van der Waals surface area (Å²) in [5.41, 5.74) is 0.754. The van der Waals surface area contributed by atoms with Crippen LogP contribution in [0.15, 0.2) is 12.1 Å². The molecule has 5 heteroatoms. The maximum atomic E-state index is 10.9. The highest BCUT2D eigenvalue weighted by molar-refractivity contribution is 6.17. The summed E-state index contributed by atoms with van der Waals surface area (Å²) in [6, 6.07) is 2.97. The number of halogens is 1. The van der Waals surface area contributed by atoms with Crippen molar-refractivity contribution in [3.05, 3.63) is 23.3 Å². The zero-order valence-electron chi connectivity index (χ0n) is 8.41. The lowest BCUT2D eigenvalue weighted by Crippen LogP contribution is -2.03. The largest absolute Gasteiger partial charge is 0.496 e. The van der Waals surface area contributed by atoms with E-state index in [9.17, 15) is 4.79 Å². The molecule has 15 heavy (non-hydrogen) atoms. The fraction of sp³-hybridized carbons (Fsp3) is 0.300. The molecule has 0 aliphatic carbocycles. The van der Waals surface area contributed by atoms with Gasteiger partial charge in [0.05, 0.1) is 20.1 Å². The number of benzene rings is 1. The minimum absolute atomic E-state index is 0.0585. The number of methoxy groups -OCH3 is 2. The number of hydrogen-bond donors (Lipinski definition) is 1. The Morgan fingerprint density at radius 3 is 2.33 bits per heavy atom. The molecule has 1 N–H and O–H groups in total. The average molecular weight is 231 g/mol. The van der Waals surface area contributed by atoms with Crippen LogP contribution in [-0.2, 0) is 5.88 Å². The van der Waals surface area contributed by atoms with Gasteiger partial charge in [-0.25, -0.2) is 4.79 Å². The molecule has 4 nitrogen and oxygen atoms in total. The number of ether oxygens (including phenoxy) is 2. The highest BCUT2D eigenvalue weighted by Gasteiger charge is 2.15. The van der Waals surface area contributed by atoms with E-state index in [1.54, 1.807) is 6.07 Å². The number of carboxylic acid groups (broad SMARTS) is 1. The van der Waals surface area contributed by atoms with E-state index in [0.717, 1.165) is 0 Å². The molecule has 0 aliphatic heterocycles. The van der Waals surface area contributed by atoms with Gasteiger partial charge in [0, 0.05) is 5.56 Å². The Kier molecular flexibility index (Phi) is 3.80. The molecule has 0 heterocycles. The number of rotatable bonds is 4. The van der Waals surface area contributed by atoms with Crippen molar-refractivity contribution < 1.29 is 19.4 Å². The molecule has 1 aromatic carbocycles. The first-order valence-corrected chi connectivity index (χ1v) is 4.71. The van der Waals surface area contributed by atoms with Crippen molar-refractivity contribution in [2.75, 3.05) is 14.2 Å². The summed E-state index contributed by atoms with van der Waals surface area (Å²) in [7, 11) is 2.87. The summed E-state index contributed by atoms with van der Waals surface area (Å²) in [5, 5.41) is 8.91.